The van der Waals surface area contributed by atoms with Gasteiger partial charge in [0.05, 0.1) is 23.0 Å². The van der Waals surface area contributed by atoms with Crippen molar-refractivity contribution in [2.45, 2.75) is 62.9 Å². The maximum Gasteiger partial charge on any atom is 0.322 e. The molecule has 10 nitrogen and oxygen atoms in total. The lowest BCUT2D eigenvalue weighted by Gasteiger charge is -2.62. The van der Waals surface area contributed by atoms with E-state index in [4.69, 9.17) is 23.2 Å². The zero-order valence-electron chi connectivity index (χ0n) is 25.8. The number of likely N-dealkylation sites (N-methyl/N-ethyl adjacent to an activating group) is 1. The van der Waals surface area contributed by atoms with Gasteiger partial charge in [-0.3, -0.25) is 14.3 Å². The molecule has 12 heteroatoms. The molecule has 3 saturated heterocycles. The van der Waals surface area contributed by atoms with E-state index in [1.54, 1.807) is 18.2 Å². The molecule has 2 aromatic rings. The second-order valence-electron chi connectivity index (χ2n) is 13.1. The monoisotopic (exact) mass is 656 g/mol. The number of rotatable bonds is 7. The number of carboxylic acid groups (broad SMARTS) is 1. The molecule has 0 aliphatic carbocycles. The van der Waals surface area contributed by atoms with Gasteiger partial charge in [0.25, 0.3) is 6.09 Å². The molecule has 0 bridgehead atoms. The summed E-state index contributed by atoms with van der Waals surface area (Å²) in [4.78, 5) is 48.6. The van der Waals surface area contributed by atoms with Crippen molar-refractivity contribution >= 4 is 47.3 Å². The number of hydrogen-bond donors (Lipinski definition) is 1. The van der Waals surface area contributed by atoms with Crippen LogP contribution in [0.4, 0.5) is 15.3 Å². The standard InChI is InChI=1S/C33H42Cl2N6O4/c1-37-14-16-38(17-15-37)26-8-12-39(13-9-26)33(11-19-42)21-27(40-22-25-4-2-3-5-30(25)36-31(40)43)10-18-41(33,32(44)45)23-24-6-7-28(34)29(35)20-24/h2-7,19-20,26-27H,8-18,21-23H2,1H3,(H-,36,43,44,45)/t27?,33?,41-/m0/s1. The number of urea groups is 1. The maximum absolute atomic E-state index is 13.6. The molecule has 242 valence electrons. The summed E-state index contributed by atoms with van der Waals surface area (Å²) in [6.45, 7) is 6.13. The van der Waals surface area contributed by atoms with Crippen LogP contribution in [0.5, 0.6) is 0 Å². The quantitative estimate of drug-likeness (QED) is 0.357. The number of fused-ring (bicyclic) bond motifs is 1. The topological polar surface area (TPSA) is 99.3 Å². The number of hydrogen-bond acceptors (Lipinski definition) is 7. The van der Waals surface area contributed by atoms with Gasteiger partial charge in [0.15, 0.2) is 5.66 Å². The number of aldehydes is 1. The molecule has 4 aliphatic heterocycles. The minimum absolute atomic E-state index is 0.00399. The summed E-state index contributed by atoms with van der Waals surface area (Å²) >= 11 is 12.6. The lowest BCUT2D eigenvalue weighted by atomic mass is 9.81. The predicted molar refractivity (Wildman–Crippen MR) is 172 cm³/mol. The first-order valence-corrected chi connectivity index (χ1v) is 16.7. The molecule has 3 amide bonds. The zero-order valence-corrected chi connectivity index (χ0v) is 27.3. The average molecular weight is 658 g/mol. The van der Waals surface area contributed by atoms with Crippen LogP contribution in [0.25, 0.3) is 0 Å². The second kappa shape index (κ2) is 13.2. The maximum atomic E-state index is 13.6. The van der Waals surface area contributed by atoms with Crippen molar-refractivity contribution < 1.29 is 24.0 Å². The highest BCUT2D eigenvalue weighted by molar-refractivity contribution is 6.42. The molecule has 2 unspecified atom stereocenters. The highest BCUT2D eigenvalue weighted by atomic mass is 35.5. The van der Waals surface area contributed by atoms with Gasteiger partial charge in [-0.15, -0.1) is 0 Å². The number of para-hydroxylation sites is 1. The number of piperazine rings is 1. The van der Waals surface area contributed by atoms with E-state index in [2.05, 4.69) is 27.1 Å². The van der Waals surface area contributed by atoms with Crippen LogP contribution in [0.1, 0.15) is 43.2 Å². The average Bonchev–Trinajstić information content (AvgIpc) is 3.04. The number of benzene rings is 2. The molecule has 0 radical (unpaired) electrons. The first-order chi connectivity index (χ1) is 21.7. The fourth-order valence-electron chi connectivity index (χ4n) is 8.27. The first-order valence-electron chi connectivity index (χ1n) is 16.0. The molecule has 0 spiro atoms. The Kier molecular flexibility index (Phi) is 9.43. The summed E-state index contributed by atoms with van der Waals surface area (Å²) in [5, 5.41) is 17.3. The van der Waals surface area contributed by atoms with E-state index in [9.17, 15) is 19.5 Å². The molecule has 6 rings (SSSR count). The van der Waals surface area contributed by atoms with Gasteiger partial charge in [-0.25, -0.2) is 4.79 Å². The van der Waals surface area contributed by atoms with E-state index in [-0.39, 0.29) is 31.6 Å². The van der Waals surface area contributed by atoms with Crippen LogP contribution in [-0.2, 0) is 17.9 Å². The molecule has 2 aromatic carbocycles. The summed E-state index contributed by atoms with van der Waals surface area (Å²) in [6.07, 6.45) is 2.17. The molecular formula is C33H42Cl2N6O4. The zero-order chi connectivity index (χ0) is 31.8. The highest BCUT2D eigenvalue weighted by Crippen LogP contribution is 2.46. The number of quaternary nitrogens is 1. The van der Waals surface area contributed by atoms with Crippen molar-refractivity contribution in [1.29, 1.82) is 0 Å². The Morgan fingerprint density at radius 3 is 2.44 bits per heavy atom. The molecule has 4 aliphatic rings. The van der Waals surface area contributed by atoms with Crippen molar-refractivity contribution in [2.75, 3.05) is 58.2 Å². The fourth-order valence-corrected chi connectivity index (χ4v) is 8.59. The summed E-state index contributed by atoms with van der Waals surface area (Å²) in [6, 6.07) is 12.8. The van der Waals surface area contributed by atoms with Crippen LogP contribution in [0, 0.1) is 0 Å². The largest absolute Gasteiger partial charge is 0.498 e. The van der Waals surface area contributed by atoms with Crippen molar-refractivity contribution in [1.82, 2.24) is 19.6 Å². The molecule has 3 fully saturated rings. The van der Waals surface area contributed by atoms with Crippen LogP contribution in [0.3, 0.4) is 0 Å². The van der Waals surface area contributed by atoms with Gasteiger partial charge < -0.3 is 29.8 Å². The second-order valence-corrected chi connectivity index (χ2v) is 14.0. The van der Waals surface area contributed by atoms with E-state index >= 15 is 0 Å². The third kappa shape index (κ3) is 6.08. The van der Waals surface area contributed by atoms with E-state index in [0.29, 0.717) is 54.1 Å². The summed E-state index contributed by atoms with van der Waals surface area (Å²) < 4.78 is -0.439. The van der Waals surface area contributed by atoms with Gasteiger partial charge >= 0.3 is 6.03 Å². The minimum Gasteiger partial charge on any atom is -0.498 e. The number of halogens is 2. The fraction of sp³-hybridized carbons (Fsp3) is 0.545. The van der Waals surface area contributed by atoms with Gasteiger partial charge in [0.2, 0.25) is 0 Å². The van der Waals surface area contributed by atoms with Gasteiger partial charge in [-0.1, -0.05) is 47.5 Å². The van der Waals surface area contributed by atoms with Crippen LogP contribution >= 0.6 is 23.2 Å². The molecule has 1 N–H and O–H groups in total. The Morgan fingerprint density at radius 1 is 1.02 bits per heavy atom. The van der Waals surface area contributed by atoms with Crippen LogP contribution in [0.15, 0.2) is 42.5 Å². The number of likely N-dealkylation sites (tertiary alicyclic amines) is 2. The number of nitrogens with zero attached hydrogens (tertiary/aromatic N) is 5. The molecule has 0 saturated carbocycles. The smallest absolute Gasteiger partial charge is 0.322 e. The van der Waals surface area contributed by atoms with Crippen LogP contribution in [0.2, 0.25) is 10.0 Å². The molecule has 45 heavy (non-hydrogen) atoms. The Bertz CT molecular complexity index is 1430. The number of carbonyl (C=O) groups is 3. The number of anilines is 1. The third-order valence-corrected chi connectivity index (χ3v) is 11.5. The van der Waals surface area contributed by atoms with Crippen molar-refractivity contribution in [3.8, 4) is 0 Å². The normalized spacial score (nSPS) is 28.8. The minimum atomic E-state index is -1.23. The SMILES string of the molecule is CN1CCN(C2CCN(C3(CC=O)CC(N4Cc5ccccc5NC4=O)CC[N@+]3(Cc3ccc(Cl)c(Cl)c3)C(=O)[O-])CC2)CC1. The number of carbonyl (C=O) groups excluding carboxylic acids is 3. The first kappa shape index (κ1) is 32.2. The van der Waals surface area contributed by atoms with Gasteiger partial charge in [-0.05, 0) is 43.7 Å². The summed E-state index contributed by atoms with van der Waals surface area (Å²) in [5.41, 5.74) is 1.38. The Morgan fingerprint density at radius 2 is 1.76 bits per heavy atom. The van der Waals surface area contributed by atoms with Crippen molar-refractivity contribution in [3.63, 3.8) is 0 Å². The van der Waals surface area contributed by atoms with Crippen molar-refractivity contribution in [2.24, 2.45) is 0 Å². The Balaban J connectivity index is 1.36. The molecule has 3 atom stereocenters. The van der Waals surface area contributed by atoms with E-state index in [1.165, 1.54) is 0 Å². The molecular weight excluding hydrogens is 615 g/mol. The summed E-state index contributed by atoms with van der Waals surface area (Å²) in [5.74, 6) is 0. The highest BCUT2D eigenvalue weighted by Gasteiger charge is 2.61. The third-order valence-electron chi connectivity index (χ3n) is 10.8. The molecule has 0 aromatic heterocycles. The summed E-state index contributed by atoms with van der Waals surface area (Å²) in [7, 11) is 2.15. The number of amides is 3. The lowest BCUT2D eigenvalue weighted by molar-refractivity contribution is -0.956. The van der Waals surface area contributed by atoms with Crippen molar-refractivity contribution in [3.05, 3.63) is 63.6 Å². The lowest BCUT2D eigenvalue weighted by Crippen LogP contribution is -2.80. The number of nitrogens with one attached hydrogen (secondary N) is 1. The number of piperidine rings is 2. The van der Waals surface area contributed by atoms with E-state index in [0.717, 1.165) is 56.6 Å². The van der Waals surface area contributed by atoms with E-state index < -0.39 is 16.2 Å². The molecule has 4 heterocycles. The van der Waals surface area contributed by atoms with Crippen LogP contribution < -0.4 is 10.4 Å². The Hall–Kier alpha value is -2.73. The van der Waals surface area contributed by atoms with Gasteiger partial charge in [-0.2, -0.15) is 0 Å². The van der Waals surface area contributed by atoms with Gasteiger partial charge in [0, 0.05) is 82.0 Å². The Labute approximate surface area is 275 Å². The van der Waals surface area contributed by atoms with Gasteiger partial charge in [0.1, 0.15) is 12.8 Å². The van der Waals surface area contributed by atoms with E-state index in [1.807, 2.05) is 29.2 Å². The van der Waals surface area contributed by atoms with Crippen LogP contribution in [-0.4, -0.2) is 113 Å². The predicted octanol–water partition coefficient (Wildman–Crippen LogP) is 3.86.